The summed E-state index contributed by atoms with van der Waals surface area (Å²) in [4.78, 5) is 10.7. The molecule has 0 heterocycles. The lowest BCUT2D eigenvalue weighted by Crippen LogP contribution is -2.09. The SMILES string of the molecule is CC(CC(=O)O)CC(O)c1ccc(F)c2ccccc12. The Hall–Kier alpha value is -1.94. The Morgan fingerprint density at radius 1 is 1.20 bits per heavy atom. The Morgan fingerprint density at radius 3 is 2.50 bits per heavy atom. The summed E-state index contributed by atoms with van der Waals surface area (Å²) in [5, 5.41) is 20.2. The fraction of sp³-hybridized carbons (Fsp3) is 0.312. The van der Waals surface area contributed by atoms with E-state index in [2.05, 4.69) is 0 Å². The minimum atomic E-state index is -0.881. The van der Waals surface area contributed by atoms with E-state index in [-0.39, 0.29) is 18.2 Å². The molecule has 0 spiro atoms. The van der Waals surface area contributed by atoms with E-state index < -0.39 is 12.1 Å². The maximum atomic E-state index is 13.7. The Bertz CT molecular complexity index is 624. The average Bonchev–Trinajstić information content (AvgIpc) is 2.38. The number of rotatable bonds is 5. The molecule has 2 rings (SSSR count). The van der Waals surface area contributed by atoms with Crippen LogP contribution in [-0.2, 0) is 4.79 Å². The van der Waals surface area contributed by atoms with Gasteiger partial charge in [-0.1, -0.05) is 37.3 Å². The van der Waals surface area contributed by atoms with Crippen LogP contribution in [0.1, 0.15) is 31.4 Å². The molecule has 2 atom stereocenters. The van der Waals surface area contributed by atoms with E-state index in [0.717, 1.165) is 0 Å². The third-order valence-corrected chi connectivity index (χ3v) is 3.41. The normalized spacial score (nSPS) is 14.2. The van der Waals surface area contributed by atoms with Crippen molar-refractivity contribution >= 4 is 16.7 Å². The van der Waals surface area contributed by atoms with Crippen molar-refractivity contribution in [2.24, 2.45) is 5.92 Å². The lowest BCUT2D eigenvalue weighted by molar-refractivity contribution is -0.138. The fourth-order valence-corrected chi connectivity index (χ4v) is 2.47. The van der Waals surface area contributed by atoms with Crippen LogP contribution in [0.5, 0.6) is 0 Å². The number of fused-ring (bicyclic) bond motifs is 1. The van der Waals surface area contributed by atoms with E-state index in [1.54, 1.807) is 37.3 Å². The van der Waals surface area contributed by atoms with E-state index in [1.165, 1.54) is 6.07 Å². The quantitative estimate of drug-likeness (QED) is 0.878. The molecule has 2 N–H and O–H groups in total. The summed E-state index contributed by atoms with van der Waals surface area (Å²) in [5.74, 6) is -1.35. The number of hydrogen-bond donors (Lipinski definition) is 2. The first kappa shape index (κ1) is 14.5. The van der Waals surface area contributed by atoms with Gasteiger partial charge in [-0.15, -0.1) is 0 Å². The van der Waals surface area contributed by atoms with Gasteiger partial charge < -0.3 is 10.2 Å². The smallest absolute Gasteiger partial charge is 0.303 e. The van der Waals surface area contributed by atoms with Gasteiger partial charge in [0.1, 0.15) is 5.82 Å². The highest BCUT2D eigenvalue weighted by Gasteiger charge is 2.17. The van der Waals surface area contributed by atoms with E-state index in [9.17, 15) is 14.3 Å². The van der Waals surface area contributed by atoms with Crippen LogP contribution >= 0.6 is 0 Å². The Kier molecular flexibility index (Phi) is 4.35. The van der Waals surface area contributed by atoms with Gasteiger partial charge in [0, 0.05) is 11.8 Å². The maximum Gasteiger partial charge on any atom is 0.303 e. The van der Waals surface area contributed by atoms with Gasteiger partial charge in [0.05, 0.1) is 6.10 Å². The summed E-state index contributed by atoms with van der Waals surface area (Å²) in [7, 11) is 0. The van der Waals surface area contributed by atoms with Gasteiger partial charge in [-0.05, 0) is 29.4 Å². The molecule has 0 bridgehead atoms. The summed E-state index contributed by atoms with van der Waals surface area (Å²) < 4.78 is 13.7. The summed E-state index contributed by atoms with van der Waals surface area (Å²) >= 11 is 0. The van der Waals surface area contributed by atoms with E-state index in [1.807, 2.05) is 0 Å². The topological polar surface area (TPSA) is 57.5 Å². The molecule has 0 fully saturated rings. The third-order valence-electron chi connectivity index (χ3n) is 3.41. The fourth-order valence-electron chi connectivity index (χ4n) is 2.47. The minimum Gasteiger partial charge on any atom is -0.481 e. The Morgan fingerprint density at radius 2 is 1.85 bits per heavy atom. The number of aliphatic hydroxyl groups is 1. The standard InChI is InChI=1S/C16H17FO3/c1-10(9-16(19)20)8-15(18)13-6-7-14(17)12-5-3-2-4-11(12)13/h2-7,10,15,18H,8-9H2,1H3,(H,19,20). The van der Waals surface area contributed by atoms with Crippen molar-refractivity contribution in [1.82, 2.24) is 0 Å². The van der Waals surface area contributed by atoms with Crippen LogP contribution in [0.15, 0.2) is 36.4 Å². The number of carboxylic acids is 1. The summed E-state index contributed by atoms with van der Waals surface area (Å²) in [6.45, 7) is 1.78. The van der Waals surface area contributed by atoms with Gasteiger partial charge >= 0.3 is 5.97 Å². The number of benzene rings is 2. The van der Waals surface area contributed by atoms with E-state index in [4.69, 9.17) is 5.11 Å². The van der Waals surface area contributed by atoms with Crippen LogP contribution in [0, 0.1) is 11.7 Å². The second-order valence-corrected chi connectivity index (χ2v) is 5.14. The van der Waals surface area contributed by atoms with Crippen LogP contribution in [0.3, 0.4) is 0 Å². The first-order chi connectivity index (χ1) is 9.49. The molecule has 0 aliphatic carbocycles. The van der Waals surface area contributed by atoms with Gasteiger partial charge in [-0.25, -0.2) is 4.39 Å². The largest absolute Gasteiger partial charge is 0.481 e. The Labute approximate surface area is 116 Å². The highest BCUT2D eigenvalue weighted by molar-refractivity contribution is 5.86. The molecule has 0 saturated heterocycles. The maximum absolute atomic E-state index is 13.7. The number of aliphatic carboxylic acids is 1. The van der Waals surface area contributed by atoms with Gasteiger partial charge in [0.2, 0.25) is 0 Å². The first-order valence-electron chi connectivity index (χ1n) is 6.56. The van der Waals surface area contributed by atoms with Crippen LogP contribution in [0.4, 0.5) is 4.39 Å². The molecule has 0 aromatic heterocycles. The molecule has 2 aromatic carbocycles. The lowest BCUT2D eigenvalue weighted by atomic mass is 9.92. The lowest BCUT2D eigenvalue weighted by Gasteiger charge is -2.17. The van der Waals surface area contributed by atoms with Gasteiger partial charge in [-0.3, -0.25) is 4.79 Å². The van der Waals surface area contributed by atoms with Gasteiger partial charge in [0.25, 0.3) is 0 Å². The molecule has 106 valence electrons. The zero-order valence-corrected chi connectivity index (χ0v) is 11.2. The molecule has 0 aliphatic rings. The van der Waals surface area contributed by atoms with Gasteiger partial charge in [-0.2, -0.15) is 0 Å². The minimum absolute atomic E-state index is 0.0101. The molecule has 20 heavy (non-hydrogen) atoms. The van der Waals surface area contributed by atoms with Gasteiger partial charge in [0.15, 0.2) is 0 Å². The molecule has 0 saturated carbocycles. The first-order valence-corrected chi connectivity index (χ1v) is 6.56. The van der Waals surface area contributed by atoms with Crippen molar-refractivity contribution in [1.29, 1.82) is 0 Å². The van der Waals surface area contributed by atoms with E-state index >= 15 is 0 Å². The van der Waals surface area contributed by atoms with Crippen molar-refractivity contribution in [2.75, 3.05) is 0 Å². The summed E-state index contributed by atoms with van der Waals surface area (Å²) in [5.41, 5.74) is 0.638. The number of carboxylic acid groups (broad SMARTS) is 1. The highest BCUT2D eigenvalue weighted by atomic mass is 19.1. The molecule has 2 aromatic rings. The molecule has 0 amide bonds. The monoisotopic (exact) mass is 276 g/mol. The van der Waals surface area contributed by atoms with Crippen LogP contribution in [-0.4, -0.2) is 16.2 Å². The number of halogens is 1. The number of carbonyl (C=O) groups is 1. The molecule has 2 unspecified atom stereocenters. The molecule has 0 aliphatic heterocycles. The van der Waals surface area contributed by atoms with E-state index in [0.29, 0.717) is 22.8 Å². The molecule has 4 heteroatoms. The molecular formula is C16H17FO3. The molecule has 0 radical (unpaired) electrons. The number of aliphatic hydroxyl groups excluding tert-OH is 1. The summed E-state index contributed by atoms with van der Waals surface area (Å²) in [6.07, 6.45) is -0.451. The zero-order chi connectivity index (χ0) is 14.7. The second-order valence-electron chi connectivity index (χ2n) is 5.14. The predicted octanol–water partition coefficient (Wildman–Crippen LogP) is 3.51. The van der Waals surface area contributed by atoms with Crippen molar-refractivity contribution < 1.29 is 19.4 Å². The molecular weight excluding hydrogens is 259 g/mol. The van der Waals surface area contributed by atoms with Crippen molar-refractivity contribution in [3.63, 3.8) is 0 Å². The third kappa shape index (κ3) is 3.14. The van der Waals surface area contributed by atoms with Crippen LogP contribution in [0.2, 0.25) is 0 Å². The van der Waals surface area contributed by atoms with Crippen LogP contribution < -0.4 is 0 Å². The highest BCUT2D eigenvalue weighted by Crippen LogP contribution is 2.30. The van der Waals surface area contributed by atoms with Crippen molar-refractivity contribution in [3.8, 4) is 0 Å². The zero-order valence-electron chi connectivity index (χ0n) is 11.2. The second kappa shape index (κ2) is 6.01. The average molecular weight is 276 g/mol. The predicted molar refractivity (Wildman–Crippen MR) is 74.9 cm³/mol. The van der Waals surface area contributed by atoms with Crippen molar-refractivity contribution in [3.05, 3.63) is 47.8 Å². The van der Waals surface area contributed by atoms with Crippen LogP contribution in [0.25, 0.3) is 10.8 Å². The Balaban J connectivity index is 2.28. The summed E-state index contributed by atoms with van der Waals surface area (Å²) in [6, 6.07) is 9.87. The molecule has 3 nitrogen and oxygen atoms in total. The number of hydrogen-bond acceptors (Lipinski definition) is 2. The van der Waals surface area contributed by atoms with Crippen molar-refractivity contribution in [2.45, 2.75) is 25.9 Å².